The average molecular weight is 317 g/mol. The number of carbonyl (C=O) groups is 1. The number of phenols is 1. The smallest absolute Gasteiger partial charge is 0.251 e. The van der Waals surface area contributed by atoms with Crippen LogP contribution in [0.3, 0.4) is 0 Å². The summed E-state index contributed by atoms with van der Waals surface area (Å²) < 4.78 is 0. The minimum Gasteiger partial charge on any atom is -0.508 e. The summed E-state index contributed by atoms with van der Waals surface area (Å²) in [7, 11) is 0. The molecule has 2 N–H and O–H groups in total. The van der Waals surface area contributed by atoms with Gasteiger partial charge in [0.15, 0.2) is 0 Å². The van der Waals surface area contributed by atoms with Crippen molar-refractivity contribution in [1.29, 1.82) is 0 Å². The fraction of sp³-hybridized carbons (Fsp3) is 0.0952. The van der Waals surface area contributed by atoms with Crippen LogP contribution >= 0.6 is 0 Å². The highest BCUT2D eigenvalue weighted by molar-refractivity contribution is 5.94. The molecule has 3 heteroatoms. The lowest BCUT2D eigenvalue weighted by Gasteiger charge is -2.14. The quantitative estimate of drug-likeness (QED) is 0.741. The van der Waals surface area contributed by atoms with Crippen molar-refractivity contribution in [2.24, 2.45) is 0 Å². The van der Waals surface area contributed by atoms with Crippen molar-refractivity contribution in [3.05, 3.63) is 90.0 Å². The number of phenolic OH excluding ortho intramolecular Hbond substituents is 1. The molecule has 0 radical (unpaired) electrons. The summed E-state index contributed by atoms with van der Waals surface area (Å²) in [4.78, 5) is 12.4. The largest absolute Gasteiger partial charge is 0.508 e. The monoisotopic (exact) mass is 317 g/mol. The van der Waals surface area contributed by atoms with Crippen molar-refractivity contribution < 1.29 is 9.90 Å². The summed E-state index contributed by atoms with van der Waals surface area (Å²) >= 11 is 0. The Morgan fingerprint density at radius 2 is 1.42 bits per heavy atom. The minimum absolute atomic E-state index is 0.116. The zero-order chi connectivity index (χ0) is 16.9. The van der Waals surface area contributed by atoms with E-state index in [1.54, 1.807) is 24.3 Å². The predicted molar refractivity (Wildman–Crippen MR) is 95.9 cm³/mol. The van der Waals surface area contributed by atoms with Gasteiger partial charge in [0.1, 0.15) is 5.75 Å². The molecule has 3 nitrogen and oxygen atoms in total. The van der Waals surface area contributed by atoms with Crippen LogP contribution in [0.5, 0.6) is 5.75 Å². The number of hydrogen-bond donors (Lipinski definition) is 2. The number of nitrogens with one attached hydrogen (secondary N) is 1. The number of benzene rings is 3. The molecule has 0 aliphatic rings. The fourth-order valence-corrected chi connectivity index (χ4v) is 2.57. The molecule has 0 aliphatic carbocycles. The predicted octanol–water partition coefficient (Wildman–Crippen LogP) is 4.55. The molecule has 0 saturated carbocycles. The van der Waals surface area contributed by atoms with Gasteiger partial charge in [0, 0.05) is 5.56 Å². The number of carbonyl (C=O) groups excluding carboxylic acids is 1. The van der Waals surface area contributed by atoms with Crippen molar-refractivity contribution in [3.63, 3.8) is 0 Å². The summed E-state index contributed by atoms with van der Waals surface area (Å²) in [6.07, 6.45) is 0. The molecule has 0 aromatic heterocycles. The fourth-order valence-electron chi connectivity index (χ4n) is 2.57. The maximum Gasteiger partial charge on any atom is 0.251 e. The Kier molecular flexibility index (Phi) is 4.62. The lowest BCUT2D eigenvalue weighted by atomic mass is 10.0. The van der Waals surface area contributed by atoms with E-state index in [9.17, 15) is 9.90 Å². The summed E-state index contributed by atoms with van der Waals surface area (Å²) in [5.41, 5.74) is 3.78. The van der Waals surface area contributed by atoms with E-state index < -0.39 is 0 Å². The van der Waals surface area contributed by atoms with Gasteiger partial charge in [0.25, 0.3) is 5.91 Å². The Bertz CT molecular complexity index is 809. The second kappa shape index (κ2) is 7.01. The third kappa shape index (κ3) is 3.63. The summed E-state index contributed by atoms with van der Waals surface area (Å²) in [5.74, 6) is 0.101. The summed E-state index contributed by atoms with van der Waals surface area (Å²) in [6, 6.07) is 24.3. The van der Waals surface area contributed by atoms with Crippen molar-refractivity contribution in [1.82, 2.24) is 5.32 Å². The van der Waals surface area contributed by atoms with Gasteiger partial charge in [-0.05, 0) is 47.9 Å². The molecule has 3 aromatic carbocycles. The number of hydrogen-bond acceptors (Lipinski definition) is 2. The van der Waals surface area contributed by atoms with Gasteiger partial charge in [-0.25, -0.2) is 0 Å². The lowest BCUT2D eigenvalue weighted by Crippen LogP contribution is -2.26. The van der Waals surface area contributed by atoms with Crippen LogP contribution in [-0.2, 0) is 0 Å². The van der Waals surface area contributed by atoms with E-state index in [0.29, 0.717) is 5.56 Å². The second-order valence-electron chi connectivity index (χ2n) is 5.73. The second-order valence-corrected chi connectivity index (χ2v) is 5.73. The molecule has 1 amide bonds. The first-order chi connectivity index (χ1) is 11.6. The van der Waals surface area contributed by atoms with E-state index in [4.69, 9.17) is 0 Å². The maximum atomic E-state index is 12.4. The van der Waals surface area contributed by atoms with Crippen LogP contribution in [-0.4, -0.2) is 11.0 Å². The molecular weight excluding hydrogens is 298 g/mol. The first-order valence-electron chi connectivity index (χ1n) is 7.89. The molecule has 0 unspecified atom stereocenters. The highest BCUT2D eigenvalue weighted by Gasteiger charge is 2.11. The molecule has 1 atom stereocenters. The molecule has 0 aliphatic heterocycles. The Balaban J connectivity index is 1.70. The minimum atomic E-state index is -0.133. The standard InChI is InChI=1S/C21H19NO2/c1-15(16-11-13-20(23)14-12-16)22-21(24)19-9-7-18(8-10-19)17-5-3-2-4-6-17/h2-15,23H,1H3,(H,22,24)/t15-/m1/s1. The van der Waals surface area contributed by atoms with E-state index >= 15 is 0 Å². The maximum absolute atomic E-state index is 12.4. The molecule has 0 bridgehead atoms. The Morgan fingerprint density at radius 3 is 2.04 bits per heavy atom. The number of amides is 1. The van der Waals surface area contributed by atoms with Crippen molar-refractivity contribution in [3.8, 4) is 16.9 Å². The highest BCUT2D eigenvalue weighted by Crippen LogP contribution is 2.20. The van der Waals surface area contributed by atoms with Crippen molar-refractivity contribution in [2.45, 2.75) is 13.0 Å². The van der Waals surface area contributed by atoms with Crippen molar-refractivity contribution in [2.75, 3.05) is 0 Å². The van der Waals surface area contributed by atoms with E-state index in [2.05, 4.69) is 5.32 Å². The van der Waals surface area contributed by atoms with Crippen LogP contribution in [0.4, 0.5) is 0 Å². The molecule has 0 spiro atoms. The zero-order valence-electron chi connectivity index (χ0n) is 13.4. The van der Waals surface area contributed by atoms with Gasteiger partial charge in [-0.2, -0.15) is 0 Å². The highest BCUT2D eigenvalue weighted by atomic mass is 16.3. The molecule has 3 aromatic rings. The van der Waals surface area contributed by atoms with Crippen LogP contribution in [0, 0.1) is 0 Å². The molecule has 120 valence electrons. The SMILES string of the molecule is C[C@@H](NC(=O)c1ccc(-c2ccccc2)cc1)c1ccc(O)cc1. The first-order valence-corrected chi connectivity index (χ1v) is 7.89. The van der Waals surface area contributed by atoms with Gasteiger partial charge in [0.2, 0.25) is 0 Å². The number of rotatable bonds is 4. The molecule has 3 rings (SSSR count). The third-order valence-corrected chi connectivity index (χ3v) is 3.99. The summed E-state index contributed by atoms with van der Waals surface area (Å²) in [6.45, 7) is 1.92. The van der Waals surface area contributed by atoms with Crippen molar-refractivity contribution >= 4 is 5.91 Å². The van der Waals surface area contributed by atoms with Crippen LogP contribution in [0.25, 0.3) is 11.1 Å². The van der Waals surface area contributed by atoms with Crippen LogP contribution in [0.15, 0.2) is 78.9 Å². The number of aromatic hydroxyl groups is 1. The van der Waals surface area contributed by atoms with Gasteiger partial charge in [-0.1, -0.05) is 54.6 Å². The van der Waals surface area contributed by atoms with Crippen LogP contribution in [0.2, 0.25) is 0 Å². The van der Waals surface area contributed by atoms with E-state index in [0.717, 1.165) is 16.7 Å². The van der Waals surface area contributed by atoms with Gasteiger partial charge in [-0.3, -0.25) is 4.79 Å². The lowest BCUT2D eigenvalue weighted by molar-refractivity contribution is 0.0940. The van der Waals surface area contributed by atoms with Gasteiger partial charge >= 0.3 is 0 Å². The topological polar surface area (TPSA) is 49.3 Å². The first kappa shape index (κ1) is 15.8. The zero-order valence-corrected chi connectivity index (χ0v) is 13.4. The molecule has 0 fully saturated rings. The average Bonchev–Trinajstić information content (AvgIpc) is 2.63. The normalized spacial score (nSPS) is 11.7. The van der Waals surface area contributed by atoms with Gasteiger partial charge < -0.3 is 10.4 Å². The molecule has 24 heavy (non-hydrogen) atoms. The molecule has 0 heterocycles. The van der Waals surface area contributed by atoms with E-state index in [1.807, 2.05) is 61.5 Å². The summed E-state index contributed by atoms with van der Waals surface area (Å²) in [5, 5.41) is 12.3. The third-order valence-electron chi connectivity index (χ3n) is 3.99. The Labute approximate surface area is 141 Å². The molecular formula is C21H19NO2. The van der Waals surface area contributed by atoms with E-state index in [1.165, 1.54) is 0 Å². The molecule has 0 saturated heterocycles. The van der Waals surface area contributed by atoms with Crippen LogP contribution < -0.4 is 5.32 Å². The Morgan fingerprint density at radius 1 is 0.833 bits per heavy atom. The van der Waals surface area contributed by atoms with Crippen LogP contribution in [0.1, 0.15) is 28.9 Å². The van der Waals surface area contributed by atoms with E-state index in [-0.39, 0.29) is 17.7 Å². The van der Waals surface area contributed by atoms with Gasteiger partial charge in [-0.15, -0.1) is 0 Å². The Hall–Kier alpha value is -3.07. The van der Waals surface area contributed by atoms with Gasteiger partial charge in [0.05, 0.1) is 6.04 Å².